The quantitative estimate of drug-likeness (QED) is 0.725. The molecule has 0 aliphatic carbocycles. The van der Waals surface area contributed by atoms with Gasteiger partial charge < -0.3 is 9.80 Å². The number of amides is 2. The molecule has 0 saturated carbocycles. The highest BCUT2D eigenvalue weighted by molar-refractivity contribution is 5.94. The highest BCUT2D eigenvalue weighted by atomic mass is 19.4. The fraction of sp³-hybridized carbons (Fsp3) is 0.417. The van der Waals surface area contributed by atoms with Gasteiger partial charge in [-0.25, -0.2) is 0 Å². The van der Waals surface area contributed by atoms with E-state index in [2.05, 4.69) is 0 Å². The smallest absolute Gasteiger partial charge is 0.338 e. The van der Waals surface area contributed by atoms with Crippen molar-refractivity contribution >= 4 is 11.8 Å². The third-order valence-corrected chi connectivity index (χ3v) is 6.42. The Hall–Kier alpha value is -2.87. The number of likely N-dealkylation sites (tertiary alicyclic amines) is 1. The van der Waals surface area contributed by atoms with Gasteiger partial charge >= 0.3 is 6.18 Å². The average Bonchev–Trinajstić information content (AvgIpc) is 3.25. The molecule has 0 aromatic heterocycles. The number of alkyl halides is 3. The van der Waals surface area contributed by atoms with E-state index in [-0.39, 0.29) is 51.6 Å². The number of hydrogen-bond acceptors (Lipinski definition) is 3. The molecule has 2 amide bonds. The summed E-state index contributed by atoms with van der Waals surface area (Å²) >= 11 is 0. The van der Waals surface area contributed by atoms with Gasteiger partial charge in [0.2, 0.25) is 5.91 Å². The molecule has 2 aromatic rings. The summed E-state index contributed by atoms with van der Waals surface area (Å²) in [6.45, 7) is 0.912. The van der Waals surface area contributed by atoms with Gasteiger partial charge in [0.25, 0.3) is 5.91 Å². The first-order valence-corrected chi connectivity index (χ1v) is 10.8. The van der Waals surface area contributed by atoms with Gasteiger partial charge in [-0.3, -0.25) is 14.5 Å². The SMILES string of the molecule is O=C(c1ccccc1)N1CCN(C(=O)C2(C(F)(F)F)CCN(Cc3ccccc3)C2)CC1. The predicted molar refractivity (Wildman–Crippen MR) is 114 cm³/mol. The Morgan fingerprint density at radius 1 is 0.812 bits per heavy atom. The normalized spacial score (nSPS) is 22.2. The molecule has 0 bridgehead atoms. The molecule has 32 heavy (non-hydrogen) atoms. The highest BCUT2D eigenvalue weighted by Crippen LogP contribution is 2.47. The molecule has 0 N–H and O–H groups in total. The molecule has 170 valence electrons. The minimum atomic E-state index is -4.63. The van der Waals surface area contributed by atoms with Gasteiger partial charge in [-0.2, -0.15) is 13.2 Å². The van der Waals surface area contributed by atoms with Gasteiger partial charge in [0.1, 0.15) is 0 Å². The number of rotatable bonds is 4. The van der Waals surface area contributed by atoms with Crippen molar-refractivity contribution in [2.24, 2.45) is 5.41 Å². The van der Waals surface area contributed by atoms with Crippen LogP contribution in [0.2, 0.25) is 0 Å². The molecule has 2 aliphatic heterocycles. The number of carbonyl (C=O) groups excluding carboxylic acids is 2. The van der Waals surface area contributed by atoms with Crippen LogP contribution < -0.4 is 0 Å². The van der Waals surface area contributed by atoms with Crippen LogP contribution in [0.1, 0.15) is 22.3 Å². The fourth-order valence-electron chi connectivity index (χ4n) is 4.57. The van der Waals surface area contributed by atoms with Crippen molar-refractivity contribution < 1.29 is 22.8 Å². The van der Waals surface area contributed by atoms with E-state index in [1.165, 1.54) is 4.90 Å². The van der Waals surface area contributed by atoms with E-state index in [1.54, 1.807) is 34.1 Å². The molecule has 8 heteroatoms. The van der Waals surface area contributed by atoms with E-state index in [4.69, 9.17) is 0 Å². The van der Waals surface area contributed by atoms with Crippen LogP contribution in [0.5, 0.6) is 0 Å². The number of nitrogens with zero attached hydrogens (tertiary/aromatic N) is 3. The van der Waals surface area contributed by atoms with Crippen molar-refractivity contribution in [2.45, 2.75) is 19.1 Å². The minimum absolute atomic E-state index is 0.105. The second kappa shape index (κ2) is 8.94. The molecular formula is C24H26F3N3O2. The van der Waals surface area contributed by atoms with Crippen molar-refractivity contribution in [3.05, 3.63) is 71.8 Å². The zero-order chi connectivity index (χ0) is 22.8. The van der Waals surface area contributed by atoms with Crippen LogP contribution in [0.3, 0.4) is 0 Å². The Labute approximate surface area is 185 Å². The Morgan fingerprint density at radius 2 is 1.38 bits per heavy atom. The van der Waals surface area contributed by atoms with E-state index in [0.717, 1.165) is 5.56 Å². The monoisotopic (exact) mass is 445 g/mol. The van der Waals surface area contributed by atoms with Crippen molar-refractivity contribution in [3.8, 4) is 0 Å². The number of hydrogen-bond donors (Lipinski definition) is 0. The van der Waals surface area contributed by atoms with Gasteiger partial charge in [-0.05, 0) is 30.7 Å². The summed E-state index contributed by atoms with van der Waals surface area (Å²) in [5.74, 6) is -1.04. The molecule has 2 aromatic carbocycles. The largest absolute Gasteiger partial charge is 0.404 e. The number of carbonyl (C=O) groups is 2. The fourth-order valence-corrected chi connectivity index (χ4v) is 4.57. The second-order valence-corrected chi connectivity index (χ2v) is 8.48. The summed E-state index contributed by atoms with van der Waals surface area (Å²) in [6.07, 6.45) is -4.88. The van der Waals surface area contributed by atoms with Crippen LogP contribution in [0.15, 0.2) is 60.7 Å². The van der Waals surface area contributed by atoms with E-state index in [1.807, 2.05) is 36.4 Å². The Kier molecular flexibility index (Phi) is 6.24. The first-order chi connectivity index (χ1) is 15.3. The third-order valence-electron chi connectivity index (χ3n) is 6.42. The van der Waals surface area contributed by atoms with Crippen molar-refractivity contribution in [1.29, 1.82) is 0 Å². The van der Waals surface area contributed by atoms with Gasteiger partial charge in [0.05, 0.1) is 0 Å². The van der Waals surface area contributed by atoms with Crippen molar-refractivity contribution in [2.75, 3.05) is 39.3 Å². The van der Waals surface area contributed by atoms with Crippen LogP contribution in [0.25, 0.3) is 0 Å². The topological polar surface area (TPSA) is 43.9 Å². The number of benzene rings is 2. The van der Waals surface area contributed by atoms with Crippen LogP contribution in [0, 0.1) is 5.41 Å². The molecule has 2 fully saturated rings. The maximum absolute atomic E-state index is 14.2. The molecule has 1 atom stereocenters. The number of halogens is 3. The summed E-state index contributed by atoms with van der Waals surface area (Å²) < 4.78 is 42.7. The predicted octanol–water partition coefficient (Wildman–Crippen LogP) is 3.43. The molecule has 0 spiro atoms. The lowest BCUT2D eigenvalue weighted by Gasteiger charge is -2.40. The standard InChI is InChI=1S/C24H26F3N3O2/c25-24(26,27)23(11-12-28(18-23)17-19-7-3-1-4-8-19)22(32)30-15-13-29(14-16-30)21(31)20-9-5-2-6-10-20/h1-10H,11-18H2. The zero-order valence-corrected chi connectivity index (χ0v) is 17.7. The first-order valence-electron chi connectivity index (χ1n) is 10.8. The van der Waals surface area contributed by atoms with Gasteiger partial charge in [0.15, 0.2) is 5.41 Å². The summed E-state index contributed by atoms with van der Waals surface area (Å²) in [6, 6.07) is 18.1. The van der Waals surface area contributed by atoms with Gasteiger partial charge in [0, 0.05) is 44.8 Å². The molecule has 2 saturated heterocycles. The molecule has 2 heterocycles. The maximum atomic E-state index is 14.2. The molecule has 1 unspecified atom stereocenters. The summed E-state index contributed by atoms with van der Waals surface area (Å²) in [7, 11) is 0. The molecule has 0 radical (unpaired) electrons. The summed E-state index contributed by atoms with van der Waals surface area (Å²) in [4.78, 5) is 30.4. The average molecular weight is 445 g/mol. The van der Waals surface area contributed by atoms with Gasteiger partial charge in [-0.15, -0.1) is 0 Å². The Morgan fingerprint density at radius 3 is 1.97 bits per heavy atom. The van der Waals surface area contributed by atoms with Crippen LogP contribution in [-0.4, -0.2) is 72.0 Å². The zero-order valence-electron chi connectivity index (χ0n) is 17.7. The molecule has 4 rings (SSSR count). The molecule has 2 aliphatic rings. The Balaban J connectivity index is 1.43. The molecule has 5 nitrogen and oxygen atoms in total. The minimum Gasteiger partial charge on any atom is -0.338 e. The molecular weight excluding hydrogens is 419 g/mol. The van der Waals surface area contributed by atoms with Gasteiger partial charge in [-0.1, -0.05) is 48.5 Å². The van der Waals surface area contributed by atoms with Crippen LogP contribution in [-0.2, 0) is 11.3 Å². The van der Waals surface area contributed by atoms with E-state index < -0.39 is 17.5 Å². The van der Waals surface area contributed by atoms with Crippen LogP contribution in [0.4, 0.5) is 13.2 Å². The van der Waals surface area contributed by atoms with Crippen molar-refractivity contribution in [1.82, 2.24) is 14.7 Å². The lowest BCUT2D eigenvalue weighted by Crippen LogP contribution is -2.58. The third kappa shape index (κ3) is 4.37. The van der Waals surface area contributed by atoms with E-state index in [0.29, 0.717) is 12.1 Å². The Bertz CT molecular complexity index is 944. The second-order valence-electron chi connectivity index (χ2n) is 8.48. The summed E-state index contributed by atoms with van der Waals surface area (Å²) in [5, 5.41) is 0. The number of piperazine rings is 1. The van der Waals surface area contributed by atoms with Crippen molar-refractivity contribution in [3.63, 3.8) is 0 Å². The maximum Gasteiger partial charge on any atom is 0.404 e. The van der Waals surface area contributed by atoms with Crippen LogP contribution >= 0.6 is 0 Å². The lowest BCUT2D eigenvalue weighted by molar-refractivity contribution is -0.224. The van der Waals surface area contributed by atoms with E-state index >= 15 is 0 Å². The van der Waals surface area contributed by atoms with E-state index in [9.17, 15) is 22.8 Å². The summed E-state index contributed by atoms with van der Waals surface area (Å²) in [5.41, 5.74) is -0.940. The highest BCUT2D eigenvalue weighted by Gasteiger charge is 2.64. The first kappa shape index (κ1) is 22.3. The lowest BCUT2D eigenvalue weighted by atomic mass is 9.84.